The van der Waals surface area contributed by atoms with E-state index in [0.29, 0.717) is 13.1 Å². The van der Waals surface area contributed by atoms with Crippen molar-refractivity contribution in [3.8, 4) is 6.19 Å². The van der Waals surface area contributed by atoms with Crippen molar-refractivity contribution in [2.45, 2.75) is 12.8 Å². The van der Waals surface area contributed by atoms with E-state index >= 15 is 0 Å². The molecule has 4 nitrogen and oxygen atoms in total. The normalized spacial score (nSPS) is 19.8. The summed E-state index contributed by atoms with van der Waals surface area (Å²) in [6.07, 6.45) is 4.98. The molecule has 0 radical (unpaired) electrons. The molecule has 0 amide bonds. The van der Waals surface area contributed by atoms with Crippen LogP contribution in [0, 0.1) is 17.4 Å². The molecule has 1 fully saturated rings. The Labute approximate surface area is 79.1 Å². The second-order valence-electron chi connectivity index (χ2n) is 3.62. The van der Waals surface area contributed by atoms with Crippen molar-refractivity contribution in [2.75, 3.05) is 25.1 Å². The van der Waals surface area contributed by atoms with E-state index in [9.17, 15) is 8.42 Å². The molecule has 74 valence electrons. The Balaban J connectivity index is 2.39. The predicted molar refractivity (Wildman–Crippen MR) is 49.6 cm³/mol. The maximum absolute atomic E-state index is 11.0. The fourth-order valence-corrected chi connectivity index (χ4v) is 2.82. The average molecular weight is 202 g/mol. The summed E-state index contributed by atoms with van der Waals surface area (Å²) in [5.41, 5.74) is 0. The van der Waals surface area contributed by atoms with Crippen molar-refractivity contribution in [1.29, 1.82) is 5.26 Å². The van der Waals surface area contributed by atoms with Crippen LogP contribution in [0.4, 0.5) is 0 Å². The molecule has 1 saturated heterocycles. The number of hydrogen-bond donors (Lipinski definition) is 0. The van der Waals surface area contributed by atoms with Crippen LogP contribution in [0.5, 0.6) is 0 Å². The maximum atomic E-state index is 11.0. The molecule has 0 N–H and O–H groups in total. The van der Waals surface area contributed by atoms with Crippen LogP contribution in [-0.4, -0.2) is 38.4 Å². The van der Waals surface area contributed by atoms with Gasteiger partial charge in [0.05, 0.1) is 5.75 Å². The van der Waals surface area contributed by atoms with Gasteiger partial charge < -0.3 is 4.90 Å². The Morgan fingerprint density at radius 3 is 2.38 bits per heavy atom. The molecule has 1 rings (SSSR count). The minimum atomic E-state index is -2.85. The third-order valence-corrected chi connectivity index (χ3v) is 3.37. The van der Waals surface area contributed by atoms with Gasteiger partial charge in [0.25, 0.3) is 0 Å². The number of nitriles is 1. The summed E-state index contributed by atoms with van der Waals surface area (Å²) in [4.78, 5) is 1.68. The van der Waals surface area contributed by atoms with Crippen LogP contribution >= 0.6 is 0 Å². The number of sulfone groups is 1. The first-order chi connectivity index (χ1) is 6.01. The molecule has 13 heavy (non-hydrogen) atoms. The molecule has 5 heteroatoms. The van der Waals surface area contributed by atoms with Gasteiger partial charge in [0.1, 0.15) is 9.84 Å². The van der Waals surface area contributed by atoms with E-state index in [2.05, 4.69) is 6.19 Å². The van der Waals surface area contributed by atoms with Gasteiger partial charge in [0.2, 0.25) is 0 Å². The van der Waals surface area contributed by atoms with Crippen LogP contribution in [-0.2, 0) is 9.84 Å². The molecular formula is C8H14N2O2S. The van der Waals surface area contributed by atoms with Crippen molar-refractivity contribution >= 4 is 9.84 Å². The minimum absolute atomic E-state index is 0.250. The fourth-order valence-electron chi connectivity index (χ4n) is 1.63. The molecule has 0 bridgehead atoms. The van der Waals surface area contributed by atoms with Gasteiger partial charge in [-0.25, -0.2) is 8.42 Å². The second kappa shape index (κ2) is 3.97. The van der Waals surface area contributed by atoms with E-state index in [1.54, 1.807) is 4.90 Å². The summed E-state index contributed by atoms with van der Waals surface area (Å²) >= 11 is 0. The lowest BCUT2D eigenvalue weighted by atomic mass is 10.00. The Bertz CT molecular complexity index is 297. The van der Waals surface area contributed by atoms with Crippen LogP contribution in [0.1, 0.15) is 12.8 Å². The number of piperidine rings is 1. The molecule has 0 aromatic carbocycles. The van der Waals surface area contributed by atoms with Crippen LogP contribution in [0.2, 0.25) is 0 Å². The molecule has 0 atom stereocenters. The first-order valence-corrected chi connectivity index (χ1v) is 6.40. The smallest absolute Gasteiger partial charge is 0.179 e. The number of nitrogens with zero attached hydrogens (tertiary/aromatic N) is 2. The molecule has 0 aliphatic carbocycles. The zero-order valence-electron chi connectivity index (χ0n) is 7.73. The topological polar surface area (TPSA) is 61.2 Å². The maximum Gasteiger partial charge on any atom is 0.179 e. The molecule has 0 aromatic heterocycles. The van der Waals surface area contributed by atoms with Gasteiger partial charge >= 0.3 is 0 Å². The third-order valence-electron chi connectivity index (χ3n) is 2.29. The van der Waals surface area contributed by atoms with E-state index in [-0.39, 0.29) is 11.7 Å². The van der Waals surface area contributed by atoms with Crippen molar-refractivity contribution in [2.24, 2.45) is 5.92 Å². The summed E-state index contributed by atoms with van der Waals surface area (Å²) in [6.45, 7) is 1.41. The fraction of sp³-hybridized carbons (Fsp3) is 0.875. The molecule has 0 spiro atoms. The number of likely N-dealkylation sites (tertiary alicyclic amines) is 1. The first kappa shape index (κ1) is 10.3. The molecule has 1 aliphatic heterocycles. The summed E-state index contributed by atoms with van der Waals surface area (Å²) in [5, 5.41) is 8.57. The van der Waals surface area contributed by atoms with Crippen molar-refractivity contribution in [3.05, 3.63) is 0 Å². The monoisotopic (exact) mass is 202 g/mol. The molecule has 1 heterocycles. The summed E-state index contributed by atoms with van der Waals surface area (Å²) < 4.78 is 21.9. The highest BCUT2D eigenvalue weighted by molar-refractivity contribution is 7.90. The van der Waals surface area contributed by atoms with Crippen molar-refractivity contribution in [3.63, 3.8) is 0 Å². The van der Waals surface area contributed by atoms with E-state index in [4.69, 9.17) is 5.26 Å². The first-order valence-electron chi connectivity index (χ1n) is 4.33. The number of rotatable bonds is 2. The van der Waals surface area contributed by atoms with Crippen LogP contribution < -0.4 is 0 Å². The average Bonchev–Trinajstić information content (AvgIpc) is 2.03. The van der Waals surface area contributed by atoms with Crippen molar-refractivity contribution in [1.82, 2.24) is 4.90 Å². The van der Waals surface area contributed by atoms with Gasteiger partial charge in [-0.15, -0.1) is 0 Å². The summed E-state index contributed by atoms with van der Waals surface area (Å²) in [6, 6.07) is 0. The third kappa shape index (κ3) is 3.64. The largest absolute Gasteiger partial charge is 0.311 e. The minimum Gasteiger partial charge on any atom is -0.311 e. The van der Waals surface area contributed by atoms with Crippen molar-refractivity contribution < 1.29 is 8.42 Å². The molecule has 0 aromatic rings. The standard InChI is InChI=1S/C8H14N2O2S/c1-13(11,12)6-8-2-4-10(7-9)5-3-8/h8H,2-6H2,1H3. The zero-order valence-corrected chi connectivity index (χ0v) is 8.55. The van der Waals surface area contributed by atoms with Crippen LogP contribution in [0.15, 0.2) is 0 Å². The predicted octanol–water partition coefficient (Wildman–Crippen LogP) is 0.224. The summed E-state index contributed by atoms with van der Waals surface area (Å²) in [7, 11) is -2.85. The van der Waals surface area contributed by atoms with E-state index < -0.39 is 9.84 Å². The zero-order chi connectivity index (χ0) is 9.90. The number of hydrogen-bond acceptors (Lipinski definition) is 4. The Kier molecular flexibility index (Phi) is 3.15. The van der Waals surface area contributed by atoms with Gasteiger partial charge in [-0.1, -0.05) is 0 Å². The Morgan fingerprint density at radius 1 is 1.46 bits per heavy atom. The van der Waals surface area contributed by atoms with Crippen LogP contribution in [0.3, 0.4) is 0 Å². The molecular weight excluding hydrogens is 188 g/mol. The Hall–Kier alpha value is -0.760. The van der Waals surface area contributed by atoms with E-state index in [1.165, 1.54) is 6.26 Å². The lowest BCUT2D eigenvalue weighted by molar-refractivity contribution is 0.266. The molecule has 0 saturated carbocycles. The van der Waals surface area contributed by atoms with Crippen LogP contribution in [0.25, 0.3) is 0 Å². The molecule has 1 aliphatic rings. The van der Waals surface area contributed by atoms with Gasteiger partial charge in [0.15, 0.2) is 6.19 Å². The Morgan fingerprint density at radius 2 is 2.00 bits per heavy atom. The highest BCUT2D eigenvalue weighted by Gasteiger charge is 2.21. The SMILES string of the molecule is CS(=O)(=O)CC1CCN(C#N)CC1. The highest BCUT2D eigenvalue weighted by Crippen LogP contribution is 2.17. The van der Waals surface area contributed by atoms with Gasteiger partial charge in [0, 0.05) is 19.3 Å². The lowest BCUT2D eigenvalue weighted by Crippen LogP contribution is -2.32. The van der Waals surface area contributed by atoms with Gasteiger partial charge in [-0.05, 0) is 18.8 Å². The second-order valence-corrected chi connectivity index (χ2v) is 5.81. The highest BCUT2D eigenvalue weighted by atomic mass is 32.2. The van der Waals surface area contributed by atoms with Gasteiger partial charge in [-0.3, -0.25) is 0 Å². The molecule has 0 unspecified atom stereocenters. The lowest BCUT2D eigenvalue weighted by Gasteiger charge is -2.27. The van der Waals surface area contributed by atoms with E-state index in [1.807, 2.05) is 0 Å². The quantitative estimate of drug-likeness (QED) is 0.601. The van der Waals surface area contributed by atoms with E-state index in [0.717, 1.165) is 12.8 Å². The van der Waals surface area contributed by atoms with Gasteiger partial charge in [-0.2, -0.15) is 5.26 Å². The summed E-state index contributed by atoms with van der Waals surface area (Å²) in [5.74, 6) is 0.520.